The summed E-state index contributed by atoms with van der Waals surface area (Å²) < 4.78 is 0. The van der Waals surface area contributed by atoms with Crippen LogP contribution in [0, 0.1) is 5.92 Å². The molecule has 0 N–H and O–H groups in total. The van der Waals surface area contributed by atoms with E-state index in [0.29, 0.717) is 18.2 Å². The van der Waals surface area contributed by atoms with E-state index in [1.54, 1.807) is 0 Å². The Balaban J connectivity index is 1.96. The molecule has 1 aliphatic heterocycles. The summed E-state index contributed by atoms with van der Waals surface area (Å²) in [4.78, 5) is 16.6. The Bertz CT molecular complexity index is 571. The fourth-order valence-corrected chi connectivity index (χ4v) is 3.52. The lowest BCUT2D eigenvalue weighted by molar-refractivity contribution is -0.131. The third kappa shape index (κ3) is 4.94. The van der Waals surface area contributed by atoms with Gasteiger partial charge in [0.1, 0.15) is 0 Å². The van der Waals surface area contributed by atoms with E-state index >= 15 is 0 Å². The van der Waals surface area contributed by atoms with E-state index in [2.05, 4.69) is 76.1 Å². The molecule has 132 valence electrons. The third-order valence-electron chi connectivity index (χ3n) is 4.62. The van der Waals surface area contributed by atoms with E-state index < -0.39 is 0 Å². The van der Waals surface area contributed by atoms with Gasteiger partial charge in [-0.25, -0.2) is 0 Å². The third-order valence-corrected chi connectivity index (χ3v) is 4.62. The second kappa shape index (κ2) is 7.98. The number of likely N-dealkylation sites (tertiary alicyclic amines) is 1. The van der Waals surface area contributed by atoms with Crippen molar-refractivity contribution < 1.29 is 4.79 Å². The molecular weight excluding hydrogens is 296 g/mol. The Kier molecular flexibility index (Phi) is 6.22. The van der Waals surface area contributed by atoms with Crippen LogP contribution >= 0.6 is 0 Å². The number of carbonyl (C=O) groups is 1. The van der Waals surface area contributed by atoms with Gasteiger partial charge in [0.15, 0.2) is 0 Å². The van der Waals surface area contributed by atoms with E-state index in [-0.39, 0.29) is 5.54 Å². The van der Waals surface area contributed by atoms with Gasteiger partial charge in [-0.05, 0) is 51.3 Å². The topological polar surface area (TPSA) is 23.6 Å². The van der Waals surface area contributed by atoms with Gasteiger partial charge in [-0.3, -0.25) is 4.79 Å². The van der Waals surface area contributed by atoms with Crippen LogP contribution in [-0.2, 0) is 4.79 Å². The highest BCUT2D eigenvalue weighted by molar-refractivity contribution is 5.79. The highest BCUT2D eigenvalue weighted by Crippen LogP contribution is 2.26. The lowest BCUT2D eigenvalue weighted by Gasteiger charge is -2.32. The van der Waals surface area contributed by atoms with Gasteiger partial charge in [-0.1, -0.05) is 43.3 Å². The van der Waals surface area contributed by atoms with Crippen molar-refractivity contribution in [2.75, 3.05) is 26.7 Å². The Morgan fingerprint density at radius 3 is 2.50 bits per heavy atom. The number of allylic oxidation sites excluding steroid dienone is 1. The smallest absolute Gasteiger partial charge is 0.223 e. The van der Waals surface area contributed by atoms with Crippen molar-refractivity contribution in [3.8, 4) is 0 Å². The molecule has 1 heterocycles. The van der Waals surface area contributed by atoms with Crippen LogP contribution in [-0.4, -0.2) is 47.9 Å². The first-order chi connectivity index (χ1) is 11.3. The first-order valence-corrected chi connectivity index (χ1v) is 9.04. The average molecular weight is 328 g/mol. The summed E-state index contributed by atoms with van der Waals surface area (Å²) in [5, 5.41) is 0. The molecule has 0 bridgehead atoms. The zero-order valence-electron chi connectivity index (χ0n) is 15.9. The largest absolute Gasteiger partial charge is 0.338 e. The zero-order chi connectivity index (χ0) is 17.7. The van der Waals surface area contributed by atoms with E-state index in [4.69, 9.17) is 0 Å². The van der Waals surface area contributed by atoms with E-state index in [1.165, 1.54) is 11.1 Å². The van der Waals surface area contributed by atoms with Gasteiger partial charge in [0.05, 0.1) is 0 Å². The van der Waals surface area contributed by atoms with E-state index in [9.17, 15) is 4.79 Å². The van der Waals surface area contributed by atoms with Crippen LogP contribution in [0.25, 0.3) is 5.57 Å². The highest BCUT2D eigenvalue weighted by Gasteiger charge is 2.36. The molecule has 3 nitrogen and oxygen atoms in total. The number of carbonyl (C=O) groups excluding carboxylic acids is 1. The summed E-state index contributed by atoms with van der Waals surface area (Å²) in [6.07, 6.45) is 4.03. The van der Waals surface area contributed by atoms with Crippen molar-refractivity contribution in [1.82, 2.24) is 9.80 Å². The van der Waals surface area contributed by atoms with Crippen molar-refractivity contribution in [1.29, 1.82) is 0 Å². The maximum atomic E-state index is 12.3. The Hall–Kier alpha value is -1.61. The summed E-state index contributed by atoms with van der Waals surface area (Å²) >= 11 is 0. The molecule has 0 spiro atoms. The quantitative estimate of drug-likeness (QED) is 0.786. The summed E-state index contributed by atoms with van der Waals surface area (Å²) in [6, 6.07) is 10.6. The summed E-state index contributed by atoms with van der Waals surface area (Å²) in [5.41, 5.74) is 2.60. The van der Waals surface area contributed by atoms with Crippen LogP contribution in [0.5, 0.6) is 0 Å². The van der Waals surface area contributed by atoms with E-state index in [0.717, 1.165) is 26.1 Å². The minimum atomic E-state index is -0.0677. The monoisotopic (exact) mass is 328 g/mol. The fraction of sp³-hybridized carbons (Fsp3) is 0.571. The lowest BCUT2D eigenvalue weighted by Crippen LogP contribution is -2.42. The van der Waals surface area contributed by atoms with E-state index in [1.807, 2.05) is 4.90 Å². The lowest BCUT2D eigenvalue weighted by atomic mass is 10.0. The number of amides is 1. The molecule has 1 fully saturated rings. The van der Waals surface area contributed by atoms with Gasteiger partial charge in [0.25, 0.3) is 0 Å². The maximum absolute atomic E-state index is 12.3. The molecule has 24 heavy (non-hydrogen) atoms. The van der Waals surface area contributed by atoms with Crippen LogP contribution < -0.4 is 0 Å². The molecule has 1 aliphatic rings. The van der Waals surface area contributed by atoms with Crippen molar-refractivity contribution >= 4 is 11.5 Å². The molecule has 1 unspecified atom stereocenters. The molecule has 1 atom stereocenters. The van der Waals surface area contributed by atoms with Crippen molar-refractivity contribution in [2.24, 2.45) is 5.92 Å². The van der Waals surface area contributed by atoms with Crippen LogP contribution in [0.2, 0.25) is 0 Å². The first kappa shape index (κ1) is 18.7. The highest BCUT2D eigenvalue weighted by atomic mass is 16.2. The molecule has 1 amide bonds. The second-order valence-electron chi connectivity index (χ2n) is 7.95. The van der Waals surface area contributed by atoms with Gasteiger partial charge in [-0.15, -0.1) is 0 Å². The predicted molar refractivity (Wildman–Crippen MR) is 102 cm³/mol. The van der Waals surface area contributed by atoms with Crippen LogP contribution in [0.3, 0.4) is 0 Å². The van der Waals surface area contributed by atoms with Gasteiger partial charge >= 0.3 is 0 Å². The van der Waals surface area contributed by atoms with Gasteiger partial charge < -0.3 is 9.80 Å². The van der Waals surface area contributed by atoms with Crippen molar-refractivity contribution in [3.63, 3.8) is 0 Å². The van der Waals surface area contributed by atoms with Crippen LogP contribution in [0.1, 0.15) is 46.1 Å². The average Bonchev–Trinajstić information content (AvgIpc) is 2.88. The molecule has 1 aromatic rings. The SMILES string of the molecule is CCC=C(CN(C)CC1CC(=O)N(C(C)(C)C)C1)c1ccccc1. The molecular formula is C21H32N2O. The predicted octanol–water partition coefficient (Wildman–Crippen LogP) is 4.06. The number of hydrogen-bond acceptors (Lipinski definition) is 2. The standard InChI is InChI=1S/C21H32N2O/c1-6-10-19(18-11-8-7-9-12-18)16-22(5)14-17-13-20(24)23(15-17)21(2,3)4/h7-12,17H,6,13-16H2,1-5H3. The Morgan fingerprint density at radius 2 is 1.96 bits per heavy atom. The Morgan fingerprint density at radius 1 is 1.29 bits per heavy atom. The summed E-state index contributed by atoms with van der Waals surface area (Å²) in [5.74, 6) is 0.730. The normalized spacial score (nSPS) is 19.4. The van der Waals surface area contributed by atoms with Gasteiger partial charge in [-0.2, -0.15) is 0 Å². The van der Waals surface area contributed by atoms with Crippen LogP contribution in [0.15, 0.2) is 36.4 Å². The maximum Gasteiger partial charge on any atom is 0.223 e. The van der Waals surface area contributed by atoms with Crippen molar-refractivity contribution in [2.45, 2.75) is 46.1 Å². The fourth-order valence-electron chi connectivity index (χ4n) is 3.52. The molecule has 1 aromatic carbocycles. The zero-order valence-corrected chi connectivity index (χ0v) is 15.9. The van der Waals surface area contributed by atoms with Gasteiger partial charge in [0, 0.05) is 31.6 Å². The molecule has 0 radical (unpaired) electrons. The summed E-state index contributed by atoms with van der Waals surface area (Å²) in [7, 11) is 2.16. The molecule has 0 saturated carbocycles. The van der Waals surface area contributed by atoms with Crippen molar-refractivity contribution in [3.05, 3.63) is 42.0 Å². The molecule has 3 heteroatoms. The number of likely N-dealkylation sites (N-methyl/N-ethyl adjacent to an activating group) is 1. The molecule has 0 aromatic heterocycles. The number of benzene rings is 1. The molecule has 0 aliphatic carbocycles. The Labute approximate surface area is 147 Å². The number of rotatable bonds is 6. The minimum absolute atomic E-state index is 0.0677. The number of hydrogen-bond donors (Lipinski definition) is 0. The first-order valence-electron chi connectivity index (χ1n) is 9.04. The van der Waals surface area contributed by atoms with Gasteiger partial charge in [0.2, 0.25) is 5.91 Å². The van der Waals surface area contributed by atoms with Crippen LogP contribution in [0.4, 0.5) is 0 Å². The molecule has 1 saturated heterocycles. The number of nitrogens with zero attached hydrogens (tertiary/aromatic N) is 2. The molecule has 2 rings (SSSR count). The minimum Gasteiger partial charge on any atom is -0.338 e. The summed E-state index contributed by atoms with van der Waals surface area (Å²) in [6.45, 7) is 11.3. The second-order valence-corrected chi connectivity index (χ2v) is 7.95.